The van der Waals surface area contributed by atoms with Crippen molar-refractivity contribution >= 4 is 6.09 Å². The van der Waals surface area contributed by atoms with Gasteiger partial charge in [-0.15, -0.1) is 5.73 Å². The van der Waals surface area contributed by atoms with Crippen LogP contribution in [0.25, 0.3) is 0 Å². The Hall–Kier alpha value is -1.21. The maximum absolute atomic E-state index is 11.2. The largest absolute Gasteiger partial charge is 0.444 e. The van der Waals surface area contributed by atoms with Gasteiger partial charge in [0, 0.05) is 6.54 Å². The van der Waals surface area contributed by atoms with E-state index in [2.05, 4.69) is 24.9 Å². The van der Waals surface area contributed by atoms with Crippen molar-refractivity contribution in [1.82, 2.24) is 5.32 Å². The first-order valence-corrected chi connectivity index (χ1v) is 5.19. The van der Waals surface area contributed by atoms with Crippen LogP contribution in [0.4, 0.5) is 4.79 Å². The van der Waals surface area contributed by atoms with Gasteiger partial charge in [0.25, 0.3) is 0 Å². The van der Waals surface area contributed by atoms with Crippen molar-refractivity contribution in [2.75, 3.05) is 6.54 Å². The molecular formula is C12H21NO2. The molecule has 0 aliphatic rings. The number of nitrogens with one attached hydrogen (secondary N) is 1. The Balaban J connectivity index is 3.79. The van der Waals surface area contributed by atoms with Crippen LogP contribution in [0.15, 0.2) is 17.9 Å². The summed E-state index contributed by atoms with van der Waals surface area (Å²) < 4.78 is 5.06. The van der Waals surface area contributed by atoms with Gasteiger partial charge in [-0.3, -0.25) is 0 Å². The molecule has 15 heavy (non-hydrogen) atoms. The molecule has 0 saturated carbocycles. The van der Waals surface area contributed by atoms with Crippen LogP contribution in [0.5, 0.6) is 0 Å². The second kappa shape index (κ2) is 6.31. The average molecular weight is 211 g/mol. The highest BCUT2D eigenvalue weighted by Crippen LogP contribution is 2.05. The first-order chi connectivity index (χ1) is 6.81. The highest BCUT2D eigenvalue weighted by atomic mass is 16.6. The summed E-state index contributed by atoms with van der Waals surface area (Å²) in [5.41, 5.74) is 2.54. The van der Waals surface area contributed by atoms with Gasteiger partial charge in [-0.2, -0.15) is 0 Å². The second-order valence-electron chi connectivity index (χ2n) is 4.66. The van der Waals surface area contributed by atoms with Gasteiger partial charge in [0.05, 0.1) is 0 Å². The minimum absolute atomic E-state index is 0.398. The fourth-order valence-corrected chi connectivity index (χ4v) is 0.768. The Morgan fingerprint density at radius 2 is 2.07 bits per heavy atom. The minimum atomic E-state index is -0.443. The number of hydrogen-bond donors (Lipinski definition) is 1. The van der Waals surface area contributed by atoms with Crippen LogP contribution in [0.1, 0.15) is 34.6 Å². The number of ether oxygens (including phenoxy) is 1. The van der Waals surface area contributed by atoms with Crippen LogP contribution in [0.3, 0.4) is 0 Å². The topological polar surface area (TPSA) is 38.3 Å². The van der Waals surface area contributed by atoms with E-state index in [9.17, 15) is 4.79 Å². The molecule has 0 atom stereocenters. The Labute approximate surface area is 92.2 Å². The molecule has 0 rings (SSSR count). The lowest BCUT2D eigenvalue weighted by Crippen LogP contribution is -2.32. The molecule has 0 aromatic heterocycles. The van der Waals surface area contributed by atoms with Crippen LogP contribution in [0.2, 0.25) is 0 Å². The molecule has 1 N–H and O–H groups in total. The number of alkyl carbamates (subject to hydrolysis) is 1. The van der Waals surface area contributed by atoms with Crippen molar-refractivity contribution < 1.29 is 9.53 Å². The minimum Gasteiger partial charge on any atom is -0.444 e. The summed E-state index contributed by atoms with van der Waals surface area (Å²) in [4.78, 5) is 11.2. The fourth-order valence-electron chi connectivity index (χ4n) is 0.768. The molecule has 0 radical (unpaired) electrons. The monoisotopic (exact) mass is 211 g/mol. The predicted octanol–water partition coefficient (Wildman–Crippen LogP) is 2.88. The average Bonchev–Trinajstić information content (AvgIpc) is 1.99. The molecule has 0 saturated heterocycles. The van der Waals surface area contributed by atoms with Crippen molar-refractivity contribution in [2.45, 2.75) is 40.2 Å². The molecule has 3 heteroatoms. The lowest BCUT2D eigenvalue weighted by atomic mass is 10.2. The van der Waals surface area contributed by atoms with Crippen molar-refractivity contribution in [3.05, 3.63) is 17.9 Å². The highest BCUT2D eigenvalue weighted by molar-refractivity contribution is 5.67. The molecule has 0 aliphatic heterocycles. The number of rotatable bonds is 3. The van der Waals surface area contributed by atoms with Crippen LogP contribution < -0.4 is 5.32 Å². The van der Waals surface area contributed by atoms with Crippen LogP contribution in [0, 0.1) is 5.92 Å². The van der Waals surface area contributed by atoms with E-state index in [0.717, 1.165) is 0 Å². The summed E-state index contributed by atoms with van der Waals surface area (Å²) in [6.07, 6.45) is 3.31. The van der Waals surface area contributed by atoms with E-state index in [1.807, 2.05) is 26.8 Å². The molecule has 86 valence electrons. The lowest BCUT2D eigenvalue weighted by Gasteiger charge is -2.19. The molecule has 0 aromatic rings. The predicted molar refractivity (Wildman–Crippen MR) is 61.7 cm³/mol. The van der Waals surface area contributed by atoms with E-state index in [0.29, 0.717) is 12.5 Å². The van der Waals surface area contributed by atoms with Crippen LogP contribution >= 0.6 is 0 Å². The van der Waals surface area contributed by atoms with E-state index >= 15 is 0 Å². The molecule has 0 heterocycles. The molecule has 0 fully saturated rings. The van der Waals surface area contributed by atoms with E-state index < -0.39 is 11.7 Å². The van der Waals surface area contributed by atoms with Crippen LogP contribution in [-0.4, -0.2) is 18.2 Å². The zero-order chi connectivity index (χ0) is 11.9. The normalized spacial score (nSPS) is 10.5. The maximum atomic E-state index is 11.2. The maximum Gasteiger partial charge on any atom is 0.407 e. The summed E-state index contributed by atoms with van der Waals surface area (Å²) in [5.74, 6) is 0.475. The molecule has 0 aliphatic carbocycles. The number of carbonyl (C=O) groups is 1. The third-order valence-electron chi connectivity index (χ3n) is 1.29. The van der Waals surface area contributed by atoms with E-state index in [1.165, 1.54) is 0 Å². The van der Waals surface area contributed by atoms with Crippen molar-refractivity contribution in [3.8, 4) is 0 Å². The molecule has 0 bridgehead atoms. The molecular weight excluding hydrogens is 190 g/mol. The summed E-state index contributed by atoms with van der Waals surface area (Å²) in [6, 6.07) is 0. The lowest BCUT2D eigenvalue weighted by molar-refractivity contribution is 0.0534. The Morgan fingerprint density at radius 3 is 2.53 bits per heavy atom. The van der Waals surface area contributed by atoms with Crippen LogP contribution in [-0.2, 0) is 4.74 Å². The summed E-state index contributed by atoms with van der Waals surface area (Å²) in [7, 11) is 0. The van der Waals surface area contributed by atoms with Gasteiger partial charge in [-0.05, 0) is 38.8 Å². The third-order valence-corrected chi connectivity index (χ3v) is 1.29. The zero-order valence-electron chi connectivity index (χ0n) is 10.3. The Bertz CT molecular complexity index is 255. The standard InChI is InChI=1S/C12H21NO2/c1-10(2)8-6-7-9-13-11(14)15-12(3,4)5/h7-8,10H,9H2,1-5H3,(H,13,14). The molecule has 1 amide bonds. The van der Waals surface area contributed by atoms with Crippen molar-refractivity contribution in [3.63, 3.8) is 0 Å². The van der Waals surface area contributed by atoms with E-state index in [1.54, 1.807) is 6.08 Å². The Morgan fingerprint density at radius 1 is 1.47 bits per heavy atom. The van der Waals surface area contributed by atoms with Crippen molar-refractivity contribution in [2.24, 2.45) is 5.92 Å². The molecule has 0 unspecified atom stereocenters. The van der Waals surface area contributed by atoms with Gasteiger partial charge in [-0.1, -0.05) is 13.8 Å². The van der Waals surface area contributed by atoms with Gasteiger partial charge in [-0.25, -0.2) is 4.79 Å². The van der Waals surface area contributed by atoms with Gasteiger partial charge in [0.15, 0.2) is 0 Å². The highest BCUT2D eigenvalue weighted by Gasteiger charge is 2.14. The SMILES string of the molecule is CC(C)C=C=CCNC(=O)OC(C)(C)C. The first kappa shape index (κ1) is 13.8. The molecule has 0 spiro atoms. The summed E-state index contributed by atoms with van der Waals surface area (Å²) >= 11 is 0. The van der Waals surface area contributed by atoms with E-state index in [4.69, 9.17) is 4.74 Å². The first-order valence-electron chi connectivity index (χ1n) is 5.19. The summed E-state index contributed by atoms with van der Waals surface area (Å²) in [5, 5.41) is 2.61. The number of carbonyl (C=O) groups excluding carboxylic acids is 1. The van der Waals surface area contributed by atoms with Gasteiger partial charge in [0.1, 0.15) is 5.60 Å². The van der Waals surface area contributed by atoms with Gasteiger partial charge in [0.2, 0.25) is 0 Å². The van der Waals surface area contributed by atoms with E-state index in [-0.39, 0.29) is 0 Å². The molecule has 0 aromatic carbocycles. The Kier molecular flexibility index (Phi) is 5.80. The quantitative estimate of drug-likeness (QED) is 0.729. The van der Waals surface area contributed by atoms with Gasteiger partial charge < -0.3 is 10.1 Å². The number of amides is 1. The van der Waals surface area contributed by atoms with Crippen molar-refractivity contribution in [1.29, 1.82) is 0 Å². The summed E-state index contributed by atoms with van der Waals surface area (Å²) in [6.45, 7) is 10.1. The third kappa shape index (κ3) is 10.7. The number of hydrogen-bond acceptors (Lipinski definition) is 2. The molecule has 3 nitrogen and oxygen atoms in total. The zero-order valence-corrected chi connectivity index (χ0v) is 10.3. The smallest absolute Gasteiger partial charge is 0.407 e. The second-order valence-corrected chi connectivity index (χ2v) is 4.66. The van der Waals surface area contributed by atoms with Gasteiger partial charge >= 0.3 is 6.09 Å². The fraction of sp³-hybridized carbons (Fsp3) is 0.667.